The van der Waals surface area contributed by atoms with Crippen molar-refractivity contribution in [2.45, 2.75) is 45.8 Å². The molecule has 0 saturated carbocycles. The Labute approximate surface area is 148 Å². The molecule has 25 heavy (non-hydrogen) atoms. The largest absolute Gasteiger partial charge is 0.494 e. The van der Waals surface area contributed by atoms with E-state index >= 15 is 0 Å². The molecular formula is C20H24N2O3. The summed E-state index contributed by atoms with van der Waals surface area (Å²) in [5.41, 5.74) is -0.927. The highest BCUT2D eigenvalue weighted by atomic mass is 16.5. The molecule has 0 aliphatic heterocycles. The number of nitrogens with zero attached hydrogens (tertiary/aromatic N) is 1. The topological polar surface area (TPSA) is 71.3 Å². The number of hydrogen-bond donors (Lipinski definition) is 1. The standard InChI is InChI=1S/C20H24N2O3/c1-5-18(19(23)22-20(3,4)13-21)25-17-10-8-14-7-9-16(24-6-2)11-15(14)12-17/h7-12,18H,5-6H2,1-4H3,(H,22,23). The van der Waals surface area contributed by atoms with E-state index in [0.29, 0.717) is 18.8 Å². The third-order valence-corrected chi connectivity index (χ3v) is 3.75. The smallest absolute Gasteiger partial charge is 0.262 e. The van der Waals surface area contributed by atoms with Gasteiger partial charge in [0.2, 0.25) is 0 Å². The Balaban J connectivity index is 2.19. The number of hydrogen-bond acceptors (Lipinski definition) is 4. The summed E-state index contributed by atoms with van der Waals surface area (Å²) in [6, 6.07) is 13.6. The molecule has 2 aromatic carbocycles. The van der Waals surface area contributed by atoms with Gasteiger partial charge in [-0.1, -0.05) is 19.1 Å². The summed E-state index contributed by atoms with van der Waals surface area (Å²) in [5, 5.41) is 13.8. The van der Waals surface area contributed by atoms with E-state index in [0.717, 1.165) is 16.5 Å². The summed E-state index contributed by atoms with van der Waals surface area (Å²) in [4.78, 5) is 12.3. The number of fused-ring (bicyclic) bond motifs is 1. The summed E-state index contributed by atoms with van der Waals surface area (Å²) < 4.78 is 11.4. The van der Waals surface area contributed by atoms with Crippen LogP contribution in [0.5, 0.6) is 11.5 Å². The molecule has 132 valence electrons. The molecule has 1 N–H and O–H groups in total. The number of amides is 1. The monoisotopic (exact) mass is 340 g/mol. The van der Waals surface area contributed by atoms with Crippen LogP contribution in [0.1, 0.15) is 34.1 Å². The van der Waals surface area contributed by atoms with Gasteiger partial charge in [0.1, 0.15) is 17.0 Å². The van der Waals surface area contributed by atoms with E-state index in [4.69, 9.17) is 14.7 Å². The minimum atomic E-state index is -0.927. The van der Waals surface area contributed by atoms with Crippen molar-refractivity contribution in [1.29, 1.82) is 5.26 Å². The van der Waals surface area contributed by atoms with Crippen molar-refractivity contribution in [3.05, 3.63) is 36.4 Å². The van der Waals surface area contributed by atoms with Crippen molar-refractivity contribution in [2.24, 2.45) is 0 Å². The highest BCUT2D eigenvalue weighted by molar-refractivity contribution is 5.86. The lowest BCUT2D eigenvalue weighted by Crippen LogP contribution is -2.48. The van der Waals surface area contributed by atoms with E-state index in [1.54, 1.807) is 13.8 Å². The third kappa shape index (κ3) is 4.87. The maximum absolute atomic E-state index is 12.3. The van der Waals surface area contributed by atoms with Gasteiger partial charge in [-0.15, -0.1) is 0 Å². The molecule has 1 amide bonds. The van der Waals surface area contributed by atoms with Crippen molar-refractivity contribution >= 4 is 16.7 Å². The number of carbonyl (C=O) groups excluding carboxylic acids is 1. The normalized spacial score (nSPS) is 12.3. The lowest BCUT2D eigenvalue weighted by atomic mass is 10.1. The Hall–Kier alpha value is -2.74. The highest BCUT2D eigenvalue weighted by Gasteiger charge is 2.25. The van der Waals surface area contributed by atoms with Crippen molar-refractivity contribution in [3.63, 3.8) is 0 Å². The second-order valence-corrected chi connectivity index (χ2v) is 6.34. The quantitative estimate of drug-likeness (QED) is 0.832. The van der Waals surface area contributed by atoms with Crippen LogP contribution in [-0.4, -0.2) is 24.2 Å². The zero-order valence-corrected chi connectivity index (χ0v) is 15.1. The molecule has 1 atom stereocenters. The minimum absolute atomic E-state index is 0.294. The Bertz CT molecular complexity index is 793. The summed E-state index contributed by atoms with van der Waals surface area (Å²) in [6.45, 7) is 7.73. The fourth-order valence-electron chi connectivity index (χ4n) is 2.44. The van der Waals surface area contributed by atoms with Crippen LogP contribution < -0.4 is 14.8 Å². The van der Waals surface area contributed by atoms with Gasteiger partial charge in [-0.05, 0) is 62.2 Å². The molecule has 0 heterocycles. The zero-order chi connectivity index (χ0) is 18.4. The van der Waals surface area contributed by atoms with Gasteiger partial charge in [-0.25, -0.2) is 0 Å². The second-order valence-electron chi connectivity index (χ2n) is 6.34. The lowest BCUT2D eigenvalue weighted by Gasteiger charge is -2.23. The number of ether oxygens (including phenoxy) is 2. The predicted octanol–water partition coefficient (Wildman–Crippen LogP) is 3.81. The van der Waals surface area contributed by atoms with Crippen LogP contribution >= 0.6 is 0 Å². The molecular weight excluding hydrogens is 316 g/mol. The van der Waals surface area contributed by atoms with E-state index in [-0.39, 0.29) is 5.91 Å². The summed E-state index contributed by atoms with van der Waals surface area (Å²) >= 11 is 0. The fourth-order valence-corrected chi connectivity index (χ4v) is 2.44. The number of benzene rings is 2. The van der Waals surface area contributed by atoms with Crippen LogP contribution in [0.2, 0.25) is 0 Å². The van der Waals surface area contributed by atoms with Crippen LogP contribution in [0.15, 0.2) is 36.4 Å². The van der Waals surface area contributed by atoms with E-state index < -0.39 is 11.6 Å². The fraction of sp³-hybridized carbons (Fsp3) is 0.400. The third-order valence-electron chi connectivity index (χ3n) is 3.75. The molecule has 2 aromatic rings. The van der Waals surface area contributed by atoms with Gasteiger partial charge >= 0.3 is 0 Å². The SMILES string of the molecule is CCOc1ccc2ccc(OC(CC)C(=O)NC(C)(C)C#N)cc2c1. The van der Waals surface area contributed by atoms with E-state index in [9.17, 15) is 4.79 Å². The van der Waals surface area contributed by atoms with Crippen molar-refractivity contribution in [3.8, 4) is 17.6 Å². The Morgan fingerprint density at radius 1 is 1.16 bits per heavy atom. The van der Waals surface area contributed by atoms with Gasteiger partial charge in [0.15, 0.2) is 6.10 Å². The Kier molecular flexibility index (Phi) is 5.87. The predicted molar refractivity (Wildman–Crippen MR) is 97.7 cm³/mol. The highest BCUT2D eigenvalue weighted by Crippen LogP contribution is 2.26. The summed E-state index contributed by atoms with van der Waals surface area (Å²) in [7, 11) is 0. The number of nitrogens with one attached hydrogen (secondary N) is 1. The maximum atomic E-state index is 12.3. The number of carbonyl (C=O) groups is 1. The van der Waals surface area contributed by atoms with E-state index in [1.807, 2.05) is 50.2 Å². The summed E-state index contributed by atoms with van der Waals surface area (Å²) in [6.07, 6.45) is -0.148. The zero-order valence-electron chi connectivity index (χ0n) is 15.1. The first-order valence-corrected chi connectivity index (χ1v) is 8.45. The van der Waals surface area contributed by atoms with Crippen molar-refractivity contribution in [1.82, 2.24) is 5.32 Å². The molecule has 0 aromatic heterocycles. The molecule has 1 unspecified atom stereocenters. The Morgan fingerprint density at radius 2 is 1.80 bits per heavy atom. The van der Waals surface area contributed by atoms with Crippen LogP contribution in [-0.2, 0) is 4.79 Å². The molecule has 0 aliphatic carbocycles. The van der Waals surface area contributed by atoms with Gasteiger partial charge in [0.25, 0.3) is 5.91 Å². The van der Waals surface area contributed by atoms with E-state index in [1.165, 1.54) is 0 Å². The first-order valence-electron chi connectivity index (χ1n) is 8.45. The van der Waals surface area contributed by atoms with Gasteiger partial charge in [-0.3, -0.25) is 4.79 Å². The minimum Gasteiger partial charge on any atom is -0.494 e. The lowest BCUT2D eigenvalue weighted by molar-refractivity contribution is -0.129. The van der Waals surface area contributed by atoms with Crippen molar-refractivity contribution < 1.29 is 14.3 Å². The maximum Gasteiger partial charge on any atom is 0.262 e. The van der Waals surface area contributed by atoms with Crippen LogP contribution in [0.4, 0.5) is 0 Å². The first kappa shape index (κ1) is 18.6. The first-order chi connectivity index (χ1) is 11.9. The molecule has 0 bridgehead atoms. The molecule has 0 radical (unpaired) electrons. The van der Waals surface area contributed by atoms with E-state index in [2.05, 4.69) is 11.4 Å². The van der Waals surface area contributed by atoms with Crippen molar-refractivity contribution in [2.75, 3.05) is 6.61 Å². The summed E-state index contributed by atoms with van der Waals surface area (Å²) in [5.74, 6) is 1.11. The van der Waals surface area contributed by atoms with Gasteiger partial charge in [0.05, 0.1) is 12.7 Å². The van der Waals surface area contributed by atoms with Crippen LogP contribution in [0, 0.1) is 11.3 Å². The molecule has 5 heteroatoms. The second kappa shape index (κ2) is 7.89. The van der Waals surface area contributed by atoms with Gasteiger partial charge < -0.3 is 14.8 Å². The van der Waals surface area contributed by atoms with Gasteiger partial charge in [0, 0.05) is 0 Å². The molecule has 2 rings (SSSR count). The average molecular weight is 340 g/mol. The Morgan fingerprint density at radius 3 is 2.40 bits per heavy atom. The van der Waals surface area contributed by atoms with Crippen LogP contribution in [0.25, 0.3) is 10.8 Å². The number of rotatable bonds is 7. The average Bonchev–Trinajstić information content (AvgIpc) is 2.59. The molecule has 5 nitrogen and oxygen atoms in total. The molecule has 0 spiro atoms. The molecule has 0 fully saturated rings. The number of nitriles is 1. The van der Waals surface area contributed by atoms with Crippen LogP contribution in [0.3, 0.4) is 0 Å². The van der Waals surface area contributed by atoms with Gasteiger partial charge in [-0.2, -0.15) is 5.26 Å². The molecule has 0 saturated heterocycles. The molecule has 0 aliphatic rings.